The van der Waals surface area contributed by atoms with Crippen LogP contribution in [0.25, 0.3) is 72.2 Å². The molecule has 332 valence electrons. The van der Waals surface area contributed by atoms with Gasteiger partial charge in [0.05, 0.1) is 29.0 Å². The average molecular weight is 892 g/mol. The third-order valence-corrected chi connectivity index (χ3v) is 14.4. The Bertz CT molecular complexity index is 3700. The number of para-hydroxylation sites is 4. The van der Waals surface area contributed by atoms with E-state index >= 15 is 0 Å². The molecule has 11 aromatic rings. The standard InChI is InChI=1S/C64H49N3O2/c1-64(2)56-27-14-12-25-54(56)62-55(53-26-16-19-45-37-38-68-42-65(63(45)53)47-20-8-4-9-21-47)40-50(41-57(62)64)66(49-32-29-44(30-33-49)43-17-6-3-7-18-43)61-36-35-60(69-61)46-31-34-52-51-24-13-15-28-58(51)67(59(52)39-46)48-22-10-5-11-23-48/h3-36,39-41H,37-38,42H2,1-2H3. The predicted octanol–water partition coefficient (Wildman–Crippen LogP) is 16.8. The van der Waals surface area contributed by atoms with Crippen molar-refractivity contribution in [2.45, 2.75) is 25.7 Å². The predicted molar refractivity (Wildman–Crippen MR) is 285 cm³/mol. The first kappa shape index (κ1) is 40.9. The summed E-state index contributed by atoms with van der Waals surface area (Å²) in [6.07, 6.45) is 0.823. The lowest BCUT2D eigenvalue weighted by atomic mass is 9.81. The van der Waals surface area contributed by atoms with Gasteiger partial charge in [0.1, 0.15) is 12.5 Å². The number of hydrogen-bond donors (Lipinski definition) is 0. The van der Waals surface area contributed by atoms with Gasteiger partial charge in [-0.15, -0.1) is 0 Å². The third kappa shape index (κ3) is 6.80. The minimum Gasteiger partial charge on any atom is -0.440 e. The minimum atomic E-state index is -0.283. The molecule has 1 aliphatic carbocycles. The number of hydrogen-bond acceptors (Lipinski definition) is 4. The van der Waals surface area contributed by atoms with Crippen LogP contribution >= 0.6 is 0 Å². The quantitative estimate of drug-likeness (QED) is 0.152. The van der Waals surface area contributed by atoms with Crippen LogP contribution in [0.3, 0.4) is 0 Å². The van der Waals surface area contributed by atoms with Gasteiger partial charge in [0.2, 0.25) is 5.88 Å². The summed E-state index contributed by atoms with van der Waals surface area (Å²) in [5.41, 5.74) is 19.6. The fourth-order valence-corrected chi connectivity index (χ4v) is 11.1. The van der Waals surface area contributed by atoms with E-state index in [4.69, 9.17) is 9.15 Å². The van der Waals surface area contributed by atoms with Crippen LogP contribution in [0, 0.1) is 0 Å². The molecule has 0 bridgehead atoms. The second-order valence-electron chi connectivity index (χ2n) is 18.8. The molecule has 2 aliphatic rings. The molecular weight excluding hydrogens is 843 g/mol. The Morgan fingerprint density at radius 1 is 0.478 bits per heavy atom. The normalized spacial score (nSPS) is 13.8. The monoisotopic (exact) mass is 891 g/mol. The maximum absolute atomic E-state index is 7.18. The number of aromatic nitrogens is 1. The van der Waals surface area contributed by atoms with Crippen LogP contribution in [0.1, 0.15) is 30.5 Å². The Kier molecular flexibility index (Phi) is 9.74. The van der Waals surface area contributed by atoms with E-state index in [1.54, 1.807) is 0 Å². The highest BCUT2D eigenvalue weighted by molar-refractivity contribution is 6.10. The number of fused-ring (bicyclic) bond motifs is 7. The van der Waals surface area contributed by atoms with Gasteiger partial charge in [-0.1, -0.05) is 166 Å². The second kappa shape index (κ2) is 16.4. The SMILES string of the molecule is CC1(C)c2ccccc2-c2c(-c3cccc4c3N(c3ccccc3)COCC4)cc(N(c3ccc(-c4ccccc4)cc3)c3ccc(-c4ccc5c6ccccc6n(-c6ccccc6)c5c4)o3)cc21. The first-order chi connectivity index (χ1) is 34.0. The fraction of sp³-hybridized carbons (Fsp3) is 0.0938. The second-order valence-corrected chi connectivity index (χ2v) is 18.8. The lowest BCUT2D eigenvalue weighted by molar-refractivity contribution is 0.148. The van der Waals surface area contributed by atoms with Crippen molar-refractivity contribution in [2.24, 2.45) is 0 Å². The van der Waals surface area contributed by atoms with E-state index in [-0.39, 0.29) is 5.41 Å². The van der Waals surface area contributed by atoms with E-state index in [1.807, 2.05) is 0 Å². The molecule has 1 aliphatic heterocycles. The number of furan rings is 1. The van der Waals surface area contributed by atoms with E-state index in [9.17, 15) is 0 Å². The lowest BCUT2D eigenvalue weighted by Gasteiger charge is -2.30. The summed E-state index contributed by atoms with van der Waals surface area (Å²) in [5, 5.41) is 2.43. The molecule has 3 heterocycles. The summed E-state index contributed by atoms with van der Waals surface area (Å²) >= 11 is 0. The molecule has 69 heavy (non-hydrogen) atoms. The Balaban J connectivity index is 1.03. The summed E-state index contributed by atoms with van der Waals surface area (Å²) in [6, 6.07) is 81.0. The summed E-state index contributed by atoms with van der Waals surface area (Å²) in [7, 11) is 0. The summed E-state index contributed by atoms with van der Waals surface area (Å²) < 4.78 is 15.9. The molecule has 0 saturated carbocycles. The van der Waals surface area contributed by atoms with Gasteiger partial charge < -0.3 is 18.6 Å². The van der Waals surface area contributed by atoms with Gasteiger partial charge in [-0.25, -0.2) is 0 Å². The molecule has 2 aromatic heterocycles. The van der Waals surface area contributed by atoms with Crippen LogP contribution < -0.4 is 9.80 Å². The van der Waals surface area contributed by atoms with Crippen LogP contribution in [-0.2, 0) is 16.6 Å². The van der Waals surface area contributed by atoms with Crippen molar-refractivity contribution in [2.75, 3.05) is 23.1 Å². The fourth-order valence-electron chi connectivity index (χ4n) is 11.1. The summed E-state index contributed by atoms with van der Waals surface area (Å²) in [5.74, 6) is 1.52. The van der Waals surface area contributed by atoms with Crippen molar-refractivity contribution in [3.05, 3.63) is 241 Å². The third-order valence-electron chi connectivity index (χ3n) is 14.4. The van der Waals surface area contributed by atoms with Crippen molar-refractivity contribution in [1.82, 2.24) is 4.57 Å². The van der Waals surface area contributed by atoms with Crippen LogP contribution in [0.4, 0.5) is 28.6 Å². The minimum absolute atomic E-state index is 0.283. The van der Waals surface area contributed by atoms with Crippen molar-refractivity contribution in [3.63, 3.8) is 0 Å². The topological polar surface area (TPSA) is 33.8 Å². The van der Waals surface area contributed by atoms with Crippen LogP contribution in [0.15, 0.2) is 229 Å². The van der Waals surface area contributed by atoms with Gasteiger partial charge in [0, 0.05) is 50.4 Å². The van der Waals surface area contributed by atoms with E-state index < -0.39 is 0 Å². The molecule has 5 nitrogen and oxygen atoms in total. The highest BCUT2D eigenvalue weighted by atomic mass is 16.5. The van der Waals surface area contributed by atoms with Crippen LogP contribution in [-0.4, -0.2) is 17.9 Å². The Labute approximate surface area is 402 Å². The number of anilines is 5. The maximum Gasteiger partial charge on any atom is 0.205 e. The molecule has 0 radical (unpaired) electrons. The summed E-state index contributed by atoms with van der Waals surface area (Å²) in [6.45, 7) is 5.86. The number of nitrogens with zero attached hydrogens (tertiary/aromatic N) is 3. The van der Waals surface area contributed by atoms with E-state index in [0.29, 0.717) is 13.3 Å². The van der Waals surface area contributed by atoms with Crippen molar-refractivity contribution < 1.29 is 9.15 Å². The number of benzene rings is 9. The summed E-state index contributed by atoms with van der Waals surface area (Å²) in [4.78, 5) is 4.66. The molecule has 0 unspecified atom stereocenters. The van der Waals surface area contributed by atoms with E-state index in [2.05, 4.69) is 253 Å². The molecule has 0 spiro atoms. The zero-order valence-electron chi connectivity index (χ0n) is 38.6. The first-order valence-electron chi connectivity index (χ1n) is 23.9. The molecule has 0 fully saturated rings. The highest BCUT2D eigenvalue weighted by Gasteiger charge is 2.39. The zero-order valence-corrected chi connectivity index (χ0v) is 38.6. The van der Waals surface area contributed by atoms with Gasteiger partial charge in [-0.05, 0) is 118 Å². The van der Waals surface area contributed by atoms with Crippen molar-refractivity contribution >= 4 is 50.4 Å². The van der Waals surface area contributed by atoms with Gasteiger partial charge >= 0.3 is 0 Å². The lowest BCUT2D eigenvalue weighted by Crippen LogP contribution is -2.20. The highest BCUT2D eigenvalue weighted by Crippen LogP contribution is 2.56. The van der Waals surface area contributed by atoms with E-state index in [1.165, 1.54) is 66.5 Å². The average Bonchev–Trinajstić information content (AvgIpc) is 4.02. The Morgan fingerprint density at radius 2 is 1.14 bits per heavy atom. The van der Waals surface area contributed by atoms with Gasteiger partial charge in [-0.2, -0.15) is 0 Å². The molecular formula is C64H49N3O2. The Morgan fingerprint density at radius 3 is 1.96 bits per heavy atom. The molecule has 0 saturated heterocycles. The van der Waals surface area contributed by atoms with Gasteiger partial charge in [0.25, 0.3) is 0 Å². The van der Waals surface area contributed by atoms with Gasteiger partial charge in [-0.3, -0.25) is 4.90 Å². The molecule has 9 aromatic carbocycles. The first-order valence-corrected chi connectivity index (χ1v) is 23.9. The zero-order chi connectivity index (χ0) is 46.1. The van der Waals surface area contributed by atoms with Gasteiger partial charge in [0.15, 0.2) is 0 Å². The van der Waals surface area contributed by atoms with Crippen LogP contribution in [0.2, 0.25) is 0 Å². The maximum atomic E-state index is 7.18. The molecule has 5 heteroatoms. The largest absolute Gasteiger partial charge is 0.440 e. The van der Waals surface area contributed by atoms with E-state index in [0.717, 1.165) is 57.5 Å². The smallest absolute Gasteiger partial charge is 0.205 e. The molecule has 0 N–H and O–H groups in total. The van der Waals surface area contributed by atoms with Crippen molar-refractivity contribution in [1.29, 1.82) is 0 Å². The van der Waals surface area contributed by atoms with Crippen LogP contribution in [0.5, 0.6) is 0 Å². The molecule has 0 atom stereocenters. The Hall–Kier alpha value is -8.38. The number of ether oxygens (including phenoxy) is 1. The molecule has 0 amide bonds. The number of rotatable bonds is 8. The molecule has 13 rings (SSSR count). The van der Waals surface area contributed by atoms with Crippen molar-refractivity contribution in [3.8, 4) is 50.4 Å².